The zero-order chi connectivity index (χ0) is 13.6. The van der Waals surface area contributed by atoms with Crippen molar-refractivity contribution in [2.24, 2.45) is 0 Å². The summed E-state index contributed by atoms with van der Waals surface area (Å²) in [5, 5.41) is 10.5. The second-order valence-electron chi connectivity index (χ2n) is 3.73. The van der Waals surface area contributed by atoms with E-state index in [9.17, 15) is 18.0 Å². The summed E-state index contributed by atoms with van der Waals surface area (Å²) in [6.07, 6.45) is -3.99. The number of nitrogens with zero attached hydrogens (tertiary/aromatic N) is 1. The van der Waals surface area contributed by atoms with Crippen LogP contribution in [0.1, 0.15) is 11.3 Å². The lowest BCUT2D eigenvalue weighted by atomic mass is 10.2. The minimum Gasteiger partial charge on any atom is -0.395 e. The van der Waals surface area contributed by atoms with Gasteiger partial charge >= 0.3 is 6.18 Å². The fourth-order valence-corrected chi connectivity index (χ4v) is 2.18. The summed E-state index contributed by atoms with van der Waals surface area (Å²) in [4.78, 5) is 13.2. The lowest BCUT2D eigenvalue weighted by Gasteiger charge is -2.23. The number of thiophene rings is 1. The van der Waals surface area contributed by atoms with Gasteiger partial charge in [0.2, 0.25) is 5.91 Å². The Balaban J connectivity index is 2.48. The van der Waals surface area contributed by atoms with E-state index in [4.69, 9.17) is 5.11 Å². The average Bonchev–Trinajstić information content (AvgIpc) is 2.76. The van der Waals surface area contributed by atoms with E-state index in [0.717, 1.165) is 4.88 Å². The molecule has 7 heteroatoms. The van der Waals surface area contributed by atoms with Gasteiger partial charge in [0.05, 0.1) is 6.61 Å². The van der Waals surface area contributed by atoms with E-state index >= 15 is 0 Å². The molecule has 3 nitrogen and oxygen atoms in total. The highest BCUT2D eigenvalue weighted by atomic mass is 32.1. The topological polar surface area (TPSA) is 40.5 Å². The second kappa shape index (κ2) is 6.75. The number of alkyl halides is 3. The number of amides is 1. The van der Waals surface area contributed by atoms with E-state index in [0.29, 0.717) is 11.3 Å². The third-order valence-corrected chi connectivity index (χ3v) is 3.19. The van der Waals surface area contributed by atoms with E-state index in [1.165, 1.54) is 11.3 Å². The van der Waals surface area contributed by atoms with Crippen molar-refractivity contribution >= 4 is 17.2 Å². The summed E-state index contributed by atoms with van der Waals surface area (Å²) in [5.74, 6) is -0.588. The Kier molecular flexibility index (Phi) is 5.61. The van der Waals surface area contributed by atoms with E-state index in [1.54, 1.807) is 0 Å². The normalized spacial score (nSPS) is 11.6. The third kappa shape index (κ3) is 5.50. The molecule has 0 spiro atoms. The zero-order valence-electron chi connectivity index (χ0n) is 9.61. The molecule has 1 aromatic heterocycles. The Morgan fingerprint density at radius 1 is 1.44 bits per heavy atom. The smallest absolute Gasteiger partial charge is 0.395 e. The van der Waals surface area contributed by atoms with Crippen LogP contribution < -0.4 is 0 Å². The second-order valence-corrected chi connectivity index (χ2v) is 4.77. The van der Waals surface area contributed by atoms with Gasteiger partial charge in [-0.15, -0.1) is 11.3 Å². The summed E-state index contributed by atoms with van der Waals surface area (Å²) in [5.41, 5.74) is 0. The number of aliphatic hydroxyl groups excluding tert-OH is 1. The predicted molar refractivity (Wildman–Crippen MR) is 62.4 cm³/mol. The first kappa shape index (κ1) is 15.0. The molecule has 0 aromatic carbocycles. The Labute approximate surface area is 107 Å². The highest BCUT2D eigenvalue weighted by molar-refractivity contribution is 7.09. The summed E-state index contributed by atoms with van der Waals surface area (Å²) in [6.45, 7) is -2.07. The van der Waals surface area contributed by atoms with Crippen molar-refractivity contribution in [2.75, 3.05) is 19.7 Å². The van der Waals surface area contributed by atoms with E-state index < -0.39 is 25.2 Å². The van der Waals surface area contributed by atoms with Gasteiger partial charge in [-0.1, -0.05) is 6.07 Å². The van der Waals surface area contributed by atoms with Crippen LogP contribution in [-0.4, -0.2) is 41.8 Å². The molecular weight excluding hydrogens is 267 g/mol. The molecule has 0 atom stereocenters. The van der Waals surface area contributed by atoms with Crippen LogP contribution in [0, 0.1) is 0 Å². The largest absolute Gasteiger partial charge is 0.406 e. The van der Waals surface area contributed by atoms with Gasteiger partial charge in [0, 0.05) is 17.8 Å². The molecule has 0 aliphatic carbocycles. The molecule has 0 bridgehead atoms. The molecule has 1 rings (SSSR count). The maximum absolute atomic E-state index is 12.2. The van der Waals surface area contributed by atoms with Crippen LogP contribution in [0.25, 0.3) is 0 Å². The summed E-state index contributed by atoms with van der Waals surface area (Å²) in [7, 11) is 0. The lowest BCUT2D eigenvalue weighted by molar-refractivity contribution is -0.162. The van der Waals surface area contributed by atoms with Crippen molar-refractivity contribution in [3.05, 3.63) is 22.4 Å². The fraction of sp³-hybridized carbons (Fsp3) is 0.545. The molecule has 0 aliphatic heterocycles. The van der Waals surface area contributed by atoms with E-state index in [2.05, 4.69) is 0 Å². The Bertz CT molecular complexity index is 365. The maximum Gasteiger partial charge on any atom is 0.406 e. The molecule has 0 saturated carbocycles. The number of hydrogen-bond donors (Lipinski definition) is 1. The van der Waals surface area contributed by atoms with Crippen molar-refractivity contribution in [1.29, 1.82) is 0 Å². The van der Waals surface area contributed by atoms with Crippen LogP contribution in [-0.2, 0) is 11.2 Å². The van der Waals surface area contributed by atoms with Gasteiger partial charge in [0.25, 0.3) is 0 Å². The van der Waals surface area contributed by atoms with Crippen LogP contribution in [0.4, 0.5) is 13.2 Å². The van der Waals surface area contributed by atoms with Crippen LogP contribution in [0.3, 0.4) is 0 Å². The molecule has 1 aromatic rings. The molecular formula is C11H14F3NO2S. The molecule has 102 valence electrons. The Morgan fingerprint density at radius 3 is 2.67 bits per heavy atom. The number of rotatable bonds is 6. The van der Waals surface area contributed by atoms with Gasteiger partial charge in [-0.25, -0.2) is 0 Å². The van der Waals surface area contributed by atoms with Gasteiger partial charge in [-0.3, -0.25) is 4.79 Å². The first-order valence-corrected chi connectivity index (χ1v) is 6.28. The quantitative estimate of drug-likeness (QED) is 0.867. The molecule has 1 N–H and O–H groups in total. The number of halogens is 3. The zero-order valence-corrected chi connectivity index (χ0v) is 10.4. The number of hydrogen-bond acceptors (Lipinski definition) is 3. The molecule has 0 unspecified atom stereocenters. The van der Waals surface area contributed by atoms with E-state index in [-0.39, 0.29) is 13.0 Å². The van der Waals surface area contributed by atoms with Crippen LogP contribution in [0.15, 0.2) is 17.5 Å². The first-order valence-electron chi connectivity index (χ1n) is 5.40. The summed E-state index contributed by atoms with van der Waals surface area (Å²) in [6, 6.07) is 3.66. The van der Waals surface area contributed by atoms with Gasteiger partial charge in [0.1, 0.15) is 6.54 Å². The summed E-state index contributed by atoms with van der Waals surface area (Å²) >= 11 is 1.46. The first-order chi connectivity index (χ1) is 8.42. The third-order valence-electron chi connectivity index (χ3n) is 2.26. The molecule has 18 heavy (non-hydrogen) atoms. The Morgan fingerprint density at radius 2 is 2.17 bits per heavy atom. The van der Waals surface area contributed by atoms with Gasteiger partial charge in [-0.05, 0) is 17.9 Å². The van der Waals surface area contributed by atoms with E-state index in [1.807, 2.05) is 17.5 Å². The maximum atomic E-state index is 12.2. The number of aliphatic hydroxyl groups is 1. The van der Waals surface area contributed by atoms with Crippen molar-refractivity contribution in [3.8, 4) is 0 Å². The number of carbonyl (C=O) groups excluding carboxylic acids is 1. The SMILES string of the molecule is O=C(CCc1cccs1)N(CCO)CC(F)(F)F. The molecule has 0 radical (unpaired) electrons. The molecule has 0 aliphatic rings. The lowest BCUT2D eigenvalue weighted by Crippen LogP contribution is -2.40. The Hall–Kier alpha value is -1.08. The molecule has 0 saturated heterocycles. The highest BCUT2D eigenvalue weighted by Gasteiger charge is 2.32. The van der Waals surface area contributed by atoms with Crippen LogP contribution in [0.5, 0.6) is 0 Å². The van der Waals surface area contributed by atoms with Crippen molar-refractivity contribution in [1.82, 2.24) is 4.90 Å². The molecule has 0 fully saturated rings. The standard InChI is InChI=1S/C11H14F3NO2S/c12-11(13,14)8-15(5-6-16)10(17)4-3-9-2-1-7-18-9/h1-2,7,16H,3-6,8H2. The predicted octanol–water partition coefficient (Wildman–Crippen LogP) is 2.06. The van der Waals surface area contributed by atoms with Crippen molar-refractivity contribution in [3.63, 3.8) is 0 Å². The molecule has 1 heterocycles. The number of carbonyl (C=O) groups is 1. The highest BCUT2D eigenvalue weighted by Crippen LogP contribution is 2.18. The summed E-state index contributed by atoms with van der Waals surface area (Å²) < 4.78 is 36.7. The van der Waals surface area contributed by atoms with Crippen molar-refractivity contribution < 1.29 is 23.1 Å². The van der Waals surface area contributed by atoms with Gasteiger partial charge in [0.15, 0.2) is 0 Å². The van der Waals surface area contributed by atoms with Crippen LogP contribution >= 0.6 is 11.3 Å². The average molecular weight is 281 g/mol. The molecule has 1 amide bonds. The number of aryl methyl sites for hydroxylation is 1. The minimum absolute atomic E-state index is 0.0244. The van der Waals surface area contributed by atoms with Gasteiger partial charge in [-0.2, -0.15) is 13.2 Å². The van der Waals surface area contributed by atoms with Gasteiger partial charge < -0.3 is 10.0 Å². The van der Waals surface area contributed by atoms with Crippen molar-refractivity contribution in [2.45, 2.75) is 19.0 Å². The monoisotopic (exact) mass is 281 g/mol. The fourth-order valence-electron chi connectivity index (χ4n) is 1.47. The van der Waals surface area contributed by atoms with Crippen LogP contribution in [0.2, 0.25) is 0 Å². The minimum atomic E-state index is -4.44.